The summed E-state index contributed by atoms with van der Waals surface area (Å²) in [6.45, 7) is 3.99. The Morgan fingerprint density at radius 2 is 1.80 bits per heavy atom. The Morgan fingerprint density at radius 1 is 1.12 bits per heavy atom. The number of halogens is 1. The van der Waals surface area contributed by atoms with E-state index in [1.54, 1.807) is 29.3 Å². The molecule has 1 heterocycles. The number of methoxy groups -OCH3 is 2. The van der Waals surface area contributed by atoms with Crippen molar-refractivity contribution in [2.24, 2.45) is 0 Å². The Labute approximate surface area is 155 Å². The van der Waals surface area contributed by atoms with Crippen LogP contribution in [-0.4, -0.2) is 26.2 Å². The first-order valence-corrected chi connectivity index (χ1v) is 8.57. The summed E-state index contributed by atoms with van der Waals surface area (Å²) in [7, 11) is 2.57. The standard InChI is InChI=1S/C19H20BrNO4/c1-5-13-11-14(20)10-12(2)16(13)21-9-7-6-8-15(18(22)24-3)17(21)19(23)25-4/h6-11H,5H2,1-4H3. The third kappa shape index (κ3) is 3.85. The van der Waals surface area contributed by atoms with E-state index >= 15 is 0 Å². The maximum absolute atomic E-state index is 12.5. The van der Waals surface area contributed by atoms with Crippen LogP contribution in [-0.2, 0) is 25.5 Å². The highest BCUT2D eigenvalue weighted by molar-refractivity contribution is 9.10. The molecule has 0 aromatic heterocycles. The molecule has 0 radical (unpaired) electrons. The molecule has 0 saturated heterocycles. The zero-order valence-electron chi connectivity index (χ0n) is 14.6. The van der Waals surface area contributed by atoms with Gasteiger partial charge in [-0.25, -0.2) is 9.59 Å². The first-order valence-electron chi connectivity index (χ1n) is 7.78. The molecular weight excluding hydrogens is 386 g/mol. The average molecular weight is 406 g/mol. The van der Waals surface area contributed by atoms with Crippen molar-refractivity contribution in [3.63, 3.8) is 0 Å². The minimum Gasteiger partial charge on any atom is -0.465 e. The van der Waals surface area contributed by atoms with E-state index in [-0.39, 0.29) is 11.3 Å². The van der Waals surface area contributed by atoms with Gasteiger partial charge in [0, 0.05) is 10.7 Å². The zero-order valence-corrected chi connectivity index (χ0v) is 16.2. The second-order valence-electron chi connectivity index (χ2n) is 5.40. The van der Waals surface area contributed by atoms with Crippen molar-refractivity contribution in [1.82, 2.24) is 0 Å². The number of anilines is 1. The number of aryl methyl sites for hydroxylation is 2. The molecule has 0 saturated carbocycles. The molecule has 1 aliphatic heterocycles. The SMILES string of the molecule is CCc1cc(Br)cc(C)c1N1C=CC=CC(C(=O)OC)=C1C(=O)OC. The molecule has 0 fully saturated rings. The number of benzene rings is 1. The fourth-order valence-corrected chi connectivity index (χ4v) is 3.38. The highest BCUT2D eigenvalue weighted by Crippen LogP contribution is 2.34. The third-order valence-corrected chi connectivity index (χ3v) is 4.31. The topological polar surface area (TPSA) is 55.8 Å². The van der Waals surface area contributed by atoms with Gasteiger partial charge in [0.25, 0.3) is 0 Å². The number of carbonyl (C=O) groups is 2. The quantitative estimate of drug-likeness (QED) is 0.712. The van der Waals surface area contributed by atoms with E-state index in [1.165, 1.54) is 14.2 Å². The molecule has 0 N–H and O–H groups in total. The van der Waals surface area contributed by atoms with Gasteiger partial charge in [0.1, 0.15) is 5.70 Å². The molecule has 0 amide bonds. The summed E-state index contributed by atoms with van der Waals surface area (Å²) in [5, 5.41) is 0. The summed E-state index contributed by atoms with van der Waals surface area (Å²) >= 11 is 3.50. The van der Waals surface area contributed by atoms with Crippen LogP contribution in [0.1, 0.15) is 18.1 Å². The summed E-state index contributed by atoms with van der Waals surface area (Å²) < 4.78 is 10.7. The Bertz CT molecular complexity index is 793. The van der Waals surface area contributed by atoms with E-state index in [0.717, 1.165) is 27.7 Å². The lowest BCUT2D eigenvalue weighted by Crippen LogP contribution is -2.28. The first-order chi connectivity index (χ1) is 11.9. The Kier molecular flexibility index (Phi) is 6.20. The molecule has 1 aromatic rings. The molecule has 1 aromatic carbocycles. The first kappa shape index (κ1) is 19.0. The van der Waals surface area contributed by atoms with Gasteiger partial charge in [-0.15, -0.1) is 0 Å². The maximum Gasteiger partial charge on any atom is 0.355 e. The lowest BCUT2D eigenvalue weighted by Gasteiger charge is -2.27. The number of hydrogen-bond donors (Lipinski definition) is 0. The smallest absolute Gasteiger partial charge is 0.355 e. The van der Waals surface area contributed by atoms with Gasteiger partial charge in [0.2, 0.25) is 0 Å². The van der Waals surface area contributed by atoms with Crippen molar-refractivity contribution in [3.8, 4) is 0 Å². The Balaban J connectivity index is 2.78. The summed E-state index contributed by atoms with van der Waals surface area (Å²) in [5.41, 5.74) is 3.10. The van der Waals surface area contributed by atoms with Crippen LogP contribution in [0.15, 0.2) is 52.3 Å². The number of nitrogens with zero attached hydrogens (tertiary/aromatic N) is 1. The Hall–Kier alpha value is -2.34. The van der Waals surface area contributed by atoms with E-state index in [0.29, 0.717) is 0 Å². The van der Waals surface area contributed by atoms with E-state index in [4.69, 9.17) is 9.47 Å². The number of hydrogen-bond acceptors (Lipinski definition) is 5. The molecule has 1 aliphatic rings. The second kappa shape index (κ2) is 8.16. The molecule has 0 spiro atoms. The van der Waals surface area contributed by atoms with Crippen LogP contribution in [0.5, 0.6) is 0 Å². The van der Waals surface area contributed by atoms with Crippen LogP contribution in [0.25, 0.3) is 0 Å². The van der Waals surface area contributed by atoms with Gasteiger partial charge in [-0.05, 0) is 48.8 Å². The van der Waals surface area contributed by atoms with Crippen LogP contribution in [0.3, 0.4) is 0 Å². The maximum atomic E-state index is 12.5. The summed E-state index contributed by atoms with van der Waals surface area (Å²) in [5.74, 6) is -1.21. The molecule has 0 unspecified atom stereocenters. The summed E-state index contributed by atoms with van der Waals surface area (Å²) in [6.07, 6.45) is 7.51. The van der Waals surface area contributed by atoms with Gasteiger partial charge in [-0.3, -0.25) is 0 Å². The normalized spacial score (nSPS) is 13.7. The van der Waals surface area contributed by atoms with E-state index < -0.39 is 11.9 Å². The van der Waals surface area contributed by atoms with Crippen LogP contribution >= 0.6 is 15.9 Å². The predicted octanol–water partition coefficient (Wildman–Crippen LogP) is 3.81. The van der Waals surface area contributed by atoms with E-state index in [9.17, 15) is 9.59 Å². The van der Waals surface area contributed by atoms with E-state index in [1.807, 2.05) is 26.0 Å². The van der Waals surface area contributed by atoms with Crippen molar-refractivity contribution < 1.29 is 19.1 Å². The number of esters is 2. The molecule has 6 heteroatoms. The van der Waals surface area contributed by atoms with Gasteiger partial charge >= 0.3 is 11.9 Å². The largest absolute Gasteiger partial charge is 0.465 e. The highest BCUT2D eigenvalue weighted by Gasteiger charge is 2.29. The number of ether oxygens (including phenoxy) is 2. The second-order valence-corrected chi connectivity index (χ2v) is 6.32. The molecule has 132 valence electrons. The van der Waals surface area contributed by atoms with Gasteiger partial charge in [0.15, 0.2) is 0 Å². The van der Waals surface area contributed by atoms with Crippen molar-refractivity contribution in [2.45, 2.75) is 20.3 Å². The van der Waals surface area contributed by atoms with Crippen molar-refractivity contribution in [1.29, 1.82) is 0 Å². The summed E-state index contributed by atoms with van der Waals surface area (Å²) in [4.78, 5) is 26.4. The van der Waals surface area contributed by atoms with Gasteiger partial charge in [-0.2, -0.15) is 0 Å². The minimum absolute atomic E-state index is 0.125. The van der Waals surface area contributed by atoms with Gasteiger partial charge in [0.05, 0.1) is 25.5 Å². The minimum atomic E-state index is -0.610. The van der Waals surface area contributed by atoms with Crippen LogP contribution in [0, 0.1) is 6.92 Å². The molecule has 2 rings (SSSR count). The van der Waals surface area contributed by atoms with Crippen molar-refractivity contribution >= 4 is 33.6 Å². The predicted molar refractivity (Wildman–Crippen MR) is 100 cm³/mol. The molecular formula is C19H20BrNO4. The fraction of sp³-hybridized carbons (Fsp3) is 0.263. The number of carbonyl (C=O) groups excluding carboxylic acids is 2. The fourth-order valence-electron chi connectivity index (χ4n) is 2.76. The number of allylic oxidation sites excluding steroid dienone is 2. The molecule has 0 atom stereocenters. The Morgan fingerprint density at radius 3 is 2.40 bits per heavy atom. The highest BCUT2D eigenvalue weighted by atomic mass is 79.9. The van der Waals surface area contributed by atoms with E-state index in [2.05, 4.69) is 15.9 Å². The van der Waals surface area contributed by atoms with Crippen molar-refractivity contribution in [3.05, 3.63) is 63.4 Å². The molecule has 25 heavy (non-hydrogen) atoms. The monoisotopic (exact) mass is 405 g/mol. The van der Waals surface area contributed by atoms with Crippen LogP contribution < -0.4 is 4.90 Å². The average Bonchev–Trinajstić information content (AvgIpc) is 2.82. The number of rotatable bonds is 4. The van der Waals surface area contributed by atoms with Gasteiger partial charge in [-0.1, -0.05) is 28.9 Å². The van der Waals surface area contributed by atoms with Crippen LogP contribution in [0.4, 0.5) is 5.69 Å². The molecule has 5 nitrogen and oxygen atoms in total. The van der Waals surface area contributed by atoms with Crippen LogP contribution in [0.2, 0.25) is 0 Å². The van der Waals surface area contributed by atoms with Crippen molar-refractivity contribution in [2.75, 3.05) is 19.1 Å². The molecule has 0 aliphatic carbocycles. The van der Waals surface area contributed by atoms with Gasteiger partial charge < -0.3 is 14.4 Å². The zero-order chi connectivity index (χ0) is 18.6. The lowest BCUT2D eigenvalue weighted by atomic mass is 10.0. The summed E-state index contributed by atoms with van der Waals surface area (Å²) in [6, 6.07) is 3.97. The third-order valence-electron chi connectivity index (χ3n) is 3.86. The molecule has 0 bridgehead atoms. The lowest BCUT2D eigenvalue weighted by molar-refractivity contribution is -0.139.